The van der Waals surface area contributed by atoms with Crippen LogP contribution in [0.1, 0.15) is 5.56 Å². The third-order valence-electron chi connectivity index (χ3n) is 3.14. The van der Waals surface area contributed by atoms with E-state index in [1.54, 1.807) is 24.1 Å². The van der Waals surface area contributed by atoms with Crippen molar-refractivity contribution < 1.29 is 13.9 Å². The number of anilines is 2. The van der Waals surface area contributed by atoms with Crippen molar-refractivity contribution in [3.8, 4) is 5.75 Å². The Morgan fingerprint density at radius 1 is 1.36 bits per heavy atom. The van der Waals surface area contributed by atoms with Gasteiger partial charge >= 0.3 is 0 Å². The zero-order valence-electron chi connectivity index (χ0n) is 12.9. The molecule has 0 aliphatic carbocycles. The highest BCUT2D eigenvalue weighted by Crippen LogP contribution is 2.34. The molecule has 0 heterocycles. The van der Waals surface area contributed by atoms with Crippen LogP contribution in [0.4, 0.5) is 15.8 Å². The molecule has 0 radical (unpaired) electrons. The Labute approximate surface area is 129 Å². The van der Waals surface area contributed by atoms with Gasteiger partial charge in [0.05, 0.1) is 19.9 Å². The minimum atomic E-state index is -0.624. The number of methoxy groups -OCH3 is 2. The first kappa shape index (κ1) is 17.3. The Balaban J connectivity index is 3.22. The van der Waals surface area contributed by atoms with E-state index in [2.05, 4.69) is 13.2 Å². The molecule has 3 N–H and O–H groups in total. The molecule has 0 aromatic heterocycles. The Kier molecular flexibility index (Phi) is 5.74. The van der Waals surface area contributed by atoms with Gasteiger partial charge in [-0.3, -0.25) is 0 Å². The average Bonchev–Trinajstić information content (AvgIpc) is 2.52. The highest BCUT2D eigenvalue weighted by molar-refractivity contribution is 5.88. The quantitative estimate of drug-likeness (QED) is 0.351. The number of nitrogens with zero attached hydrogens (tertiary/aromatic N) is 1. The van der Waals surface area contributed by atoms with Crippen LogP contribution >= 0.6 is 0 Å². The van der Waals surface area contributed by atoms with Gasteiger partial charge in [0.25, 0.3) is 0 Å². The molecule has 0 saturated heterocycles. The van der Waals surface area contributed by atoms with Gasteiger partial charge in [-0.05, 0) is 6.07 Å². The molecule has 0 fully saturated rings. The van der Waals surface area contributed by atoms with Gasteiger partial charge in [0, 0.05) is 42.4 Å². The lowest BCUT2D eigenvalue weighted by molar-refractivity contribution is 0.285. The summed E-state index contributed by atoms with van der Waals surface area (Å²) in [6.45, 7) is 7.24. The number of benzene rings is 1. The van der Waals surface area contributed by atoms with Crippen molar-refractivity contribution in [3.05, 3.63) is 54.2 Å². The maximum absolute atomic E-state index is 13.8. The van der Waals surface area contributed by atoms with Crippen LogP contribution in [0.15, 0.2) is 48.6 Å². The number of likely N-dealkylation sites (N-methyl/N-ethyl adjacent to an activating group) is 1. The van der Waals surface area contributed by atoms with Crippen LogP contribution in [0, 0.1) is 5.41 Å². The van der Waals surface area contributed by atoms with Gasteiger partial charge < -0.3 is 25.5 Å². The molecule has 1 aromatic rings. The number of nitrogens with one attached hydrogen (secondary N) is 1. The number of rotatable bonds is 7. The smallest absolute Gasteiger partial charge is 0.166 e. The summed E-state index contributed by atoms with van der Waals surface area (Å²) in [5, 5.41) is 7.36. The van der Waals surface area contributed by atoms with Crippen LogP contribution in [0.5, 0.6) is 5.75 Å². The fourth-order valence-electron chi connectivity index (χ4n) is 1.73. The summed E-state index contributed by atoms with van der Waals surface area (Å²) >= 11 is 0. The SMILES string of the molecule is C=C(OC)/C(F)=C\C(=C)N(C)c1cc(C=N)c(N)cc1OC. The van der Waals surface area contributed by atoms with E-state index in [9.17, 15) is 4.39 Å². The summed E-state index contributed by atoms with van der Waals surface area (Å²) in [6.07, 6.45) is 2.34. The first-order valence-corrected chi connectivity index (χ1v) is 6.36. The fraction of sp³-hybridized carbons (Fsp3) is 0.188. The minimum absolute atomic E-state index is 0.0843. The molecule has 0 saturated carbocycles. The third-order valence-corrected chi connectivity index (χ3v) is 3.14. The summed E-state index contributed by atoms with van der Waals surface area (Å²) in [4.78, 5) is 1.62. The van der Waals surface area contributed by atoms with E-state index in [-0.39, 0.29) is 5.76 Å². The molecule has 22 heavy (non-hydrogen) atoms. The van der Waals surface area contributed by atoms with Gasteiger partial charge in [-0.1, -0.05) is 13.2 Å². The van der Waals surface area contributed by atoms with Gasteiger partial charge in [-0.25, -0.2) is 4.39 Å². The lowest BCUT2D eigenvalue weighted by Crippen LogP contribution is -2.16. The number of hydrogen-bond acceptors (Lipinski definition) is 5. The van der Waals surface area contributed by atoms with Crippen molar-refractivity contribution in [1.82, 2.24) is 0 Å². The molecule has 0 spiro atoms. The fourth-order valence-corrected chi connectivity index (χ4v) is 1.73. The standard InChI is InChI=1S/C16H20FN3O2/c1-10(6-13(17)11(2)21-4)20(3)15-7-12(9-18)14(19)8-16(15)22-5/h6-9,18H,1-2,19H2,3-5H3/b13-6+,18-9?. The van der Waals surface area contributed by atoms with E-state index in [1.165, 1.54) is 20.3 Å². The van der Waals surface area contributed by atoms with Crippen molar-refractivity contribution in [3.63, 3.8) is 0 Å². The Hall–Kier alpha value is -2.76. The van der Waals surface area contributed by atoms with E-state index in [0.29, 0.717) is 28.4 Å². The molecule has 0 bridgehead atoms. The van der Waals surface area contributed by atoms with E-state index in [1.807, 2.05) is 0 Å². The molecular weight excluding hydrogens is 285 g/mol. The lowest BCUT2D eigenvalue weighted by atomic mass is 10.1. The van der Waals surface area contributed by atoms with E-state index >= 15 is 0 Å². The highest BCUT2D eigenvalue weighted by atomic mass is 19.1. The molecule has 0 unspecified atom stereocenters. The van der Waals surface area contributed by atoms with Crippen molar-refractivity contribution >= 4 is 17.6 Å². The normalized spacial score (nSPS) is 10.8. The van der Waals surface area contributed by atoms with Crippen molar-refractivity contribution in [2.24, 2.45) is 0 Å². The van der Waals surface area contributed by atoms with Crippen LogP contribution in [0.3, 0.4) is 0 Å². The van der Waals surface area contributed by atoms with Crippen LogP contribution in [-0.2, 0) is 4.74 Å². The summed E-state index contributed by atoms with van der Waals surface area (Å²) < 4.78 is 23.8. The molecule has 0 atom stereocenters. The second kappa shape index (κ2) is 7.31. The molecule has 1 aromatic carbocycles. The summed E-state index contributed by atoms with van der Waals surface area (Å²) in [5.41, 5.74) is 7.73. The van der Waals surface area contributed by atoms with Gasteiger partial charge in [-0.2, -0.15) is 0 Å². The number of nitrogens with two attached hydrogens (primary N) is 1. The van der Waals surface area contributed by atoms with Crippen LogP contribution in [-0.4, -0.2) is 27.5 Å². The van der Waals surface area contributed by atoms with Gasteiger partial charge in [-0.15, -0.1) is 0 Å². The average molecular weight is 305 g/mol. The number of halogens is 1. The molecule has 0 aliphatic heterocycles. The molecule has 6 heteroatoms. The topological polar surface area (TPSA) is 71.6 Å². The zero-order valence-corrected chi connectivity index (χ0v) is 12.9. The van der Waals surface area contributed by atoms with Crippen molar-refractivity contribution in [1.29, 1.82) is 5.41 Å². The molecule has 0 aliphatic rings. The largest absolute Gasteiger partial charge is 0.494 e. The highest BCUT2D eigenvalue weighted by Gasteiger charge is 2.14. The summed E-state index contributed by atoms with van der Waals surface area (Å²) in [5.74, 6) is -0.217. The van der Waals surface area contributed by atoms with Crippen LogP contribution in [0.25, 0.3) is 0 Å². The predicted molar refractivity (Wildman–Crippen MR) is 88.2 cm³/mol. The summed E-state index contributed by atoms with van der Waals surface area (Å²) in [6, 6.07) is 3.27. The zero-order chi connectivity index (χ0) is 16.9. The van der Waals surface area contributed by atoms with Gasteiger partial charge in [0.2, 0.25) is 0 Å². The Morgan fingerprint density at radius 2 is 2.00 bits per heavy atom. The lowest BCUT2D eigenvalue weighted by Gasteiger charge is -2.23. The van der Waals surface area contributed by atoms with Gasteiger partial charge in [0.15, 0.2) is 5.83 Å². The Morgan fingerprint density at radius 3 is 2.50 bits per heavy atom. The second-order valence-electron chi connectivity index (χ2n) is 4.47. The first-order valence-electron chi connectivity index (χ1n) is 6.36. The maximum Gasteiger partial charge on any atom is 0.166 e. The van der Waals surface area contributed by atoms with E-state index < -0.39 is 5.83 Å². The second-order valence-corrected chi connectivity index (χ2v) is 4.47. The number of hydrogen-bond donors (Lipinski definition) is 2. The first-order chi connectivity index (χ1) is 10.3. The number of nitrogen functional groups attached to an aromatic ring is 1. The van der Waals surface area contributed by atoms with Gasteiger partial charge in [0.1, 0.15) is 11.5 Å². The minimum Gasteiger partial charge on any atom is -0.494 e. The third kappa shape index (κ3) is 3.66. The molecule has 1 rings (SSSR count). The molecular formula is C16H20FN3O2. The monoisotopic (exact) mass is 305 g/mol. The summed E-state index contributed by atoms with van der Waals surface area (Å²) in [7, 11) is 4.53. The van der Waals surface area contributed by atoms with Crippen LogP contribution in [0.2, 0.25) is 0 Å². The molecule has 118 valence electrons. The maximum atomic E-state index is 13.8. The van der Waals surface area contributed by atoms with Crippen molar-refractivity contribution in [2.75, 3.05) is 31.9 Å². The van der Waals surface area contributed by atoms with E-state index in [4.69, 9.17) is 20.6 Å². The molecule has 0 amide bonds. The van der Waals surface area contributed by atoms with E-state index in [0.717, 1.165) is 6.21 Å². The predicted octanol–water partition coefficient (Wildman–Crippen LogP) is 3.24. The van der Waals surface area contributed by atoms with Crippen LogP contribution < -0.4 is 15.4 Å². The number of allylic oxidation sites excluding steroid dienone is 2. The number of ether oxygens (including phenoxy) is 2. The Bertz CT molecular complexity index is 639. The van der Waals surface area contributed by atoms with Crippen molar-refractivity contribution in [2.45, 2.75) is 0 Å². The molecule has 5 nitrogen and oxygen atoms in total.